The van der Waals surface area contributed by atoms with Gasteiger partial charge in [-0.05, 0) is 26.3 Å². The van der Waals surface area contributed by atoms with E-state index < -0.39 is 29.9 Å². The summed E-state index contributed by atoms with van der Waals surface area (Å²) in [6.07, 6.45) is 1.14. The van der Waals surface area contributed by atoms with Gasteiger partial charge in [0.15, 0.2) is 0 Å². The molecule has 26 heavy (non-hydrogen) atoms. The minimum Gasteiger partial charge on any atom is -0.445 e. The first-order valence-corrected chi connectivity index (χ1v) is 8.54. The maximum atomic E-state index is 12.3. The predicted molar refractivity (Wildman–Crippen MR) is 96.5 cm³/mol. The molecule has 142 valence electrons. The van der Waals surface area contributed by atoms with Gasteiger partial charge in [-0.25, -0.2) is 9.59 Å². The Labute approximate surface area is 153 Å². The van der Waals surface area contributed by atoms with Crippen molar-refractivity contribution in [2.45, 2.75) is 45.1 Å². The van der Waals surface area contributed by atoms with E-state index in [4.69, 9.17) is 9.47 Å². The summed E-state index contributed by atoms with van der Waals surface area (Å²) in [5, 5.41) is 12.8. The molecule has 1 aliphatic rings. The van der Waals surface area contributed by atoms with Crippen LogP contribution in [0.15, 0.2) is 42.5 Å². The number of hydrogen-bond donors (Lipinski definition) is 2. The number of aliphatic hydroxyl groups is 1. The zero-order valence-corrected chi connectivity index (χ0v) is 15.3. The molecule has 0 saturated heterocycles. The second-order valence-electron chi connectivity index (χ2n) is 7.12. The largest absolute Gasteiger partial charge is 0.445 e. The Morgan fingerprint density at radius 3 is 2.62 bits per heavy atom. The molecule has 0 aliphatic carbocycles. The van der Waals surface area contributed by atoms with Crippen LogP contribution in [-0.4, -0.2) is 53.0 Å². The van der Waals surface area contributed by atoms with Crippen molar-refractivity contribution in [3.63, 3.8) is 0 Å². The van der Waals surface area contributed by atoms with Gasteiger partial charge in [0.1, 0.15) is 12.2 Å². The number of amides is 2. The Hall–Kier alpha value is -2.54. The minimum absolute atomic E-state index is 0.112. The molecule has 1 aromatic rings. The molecule has 1 aliphatic heterocycles. The molecule has 2 rings (SSSR count). The molecule has 0 radical (unpaired) electrons. The Balaban J connectivity index is 1.93. The van der Waals surface area contributed by atoms with Gasteiger partial charge < -0.3 is 24.8 Å². The highest BCUT2D eigenvalue weighted by molar-refractivity contribution is 5.70. The van der Waals surface area contributed by atoms with E-state index in [0.29, 0.717) is 0 Å². The Morgan fingerprint density at radius 1 is 1.27 bits per heavy atom. The van der Waals surface area contributed by atoms with Gasteiger partial charge in [0.25, 0.3) is 0 Å². The highest BCUT2D eigenvalue weighted by Gasteiger charge is 2.29. The van der Waals surface area contributed by atoms with Crippen LogP contribution in [-0.2, 0) is 16.1 Å². The summed E-state index contributed by atoms with van der Waals surface area (Å²) in [5.74, 6) is 0. The van der Waals surface area contributed by atoms with Crippen LogP contribution < -0.4 is 5.32 Å². The number of alkyl carbamates (subject to hydrolysis) is 1. The number of benzene rings is 1. The highest BCUT2D eigenvalue weighted by Crippen LogP contribution is 2.11. The van der Waals surface area contributed by atoms with Gasteiger partial charge in [0.2, 0.25) is 0 Å². The molecule has 7 heteroatoms. The minimum atomic E-state index is -0.922. The molecule has 7 nitrogen and oxygen atoms in total. The van der Waals surface area contributed by atoms with Crippen LogP contribution in [0.5, 0.6) is 0 Å². The Bertz CT molecular complexity index is 639. The van der Waals surface area contributed by atoms with Gasteiger partial charge in [0, 0.05) is 13.1 Å². The zero-order chi connectivity index (χ0) is 19.2. The molecule has 1 heterocycles. The first-order valence-electron chi connectivity index (χ1n) is 8.54. The van der Waals surface area contributed by atoms with E-state index in [9.17, 15) is 14.7 Å². The number of rotatable bonds is 3. The molecule has 2 N–H and O–H groups in total. The number of carbonyl (C=O) groups is 2. The van der Waals surface area contributed by atoms with E-state index in [-0.39, 0.29) is 19.7 Å². The number of hydrogen-bond acceptors (Lipinski definition) is 5. The van der Waals surface area contributed by atoms with Crippen LogP contribution in [0.1, 0.15) is 26.3 Å². The lowest BCUT2D eigenvalue weighted by Crippen LogP contribution is -2.51. The number of nitrogens with one attached hydrogen (secondary N) is 1. The lowest BCUT2D eigenvalue weighted by molar-refractivity contribution is 0.0420. The van der Waals surface area contributed by atoms with Crippen molar-refractivity contribution >= 4 is 12.2 Å². The smallest absolute Gasteiger partial charge is 0.410 e. The number of nitrogens with zero attached hydrogens (tertiary/aromatic N) is 1. The first-order chi connectivity index (χ1) is 12.2. The second-order valence-corrected chi connectivity index (χ2v) is 7.12. The third-order valence-corrected chi connectivity index (χ3v) is 3.65. The predicted octanol–water partition coefficient (Wildman–Crippen LogP) is 2.45. The van der Waals surface area contributed by atoms with Crippen LogP contribution in [0.2, 0.25) is 0 Å². The highest BCUT2D eigenvalue weighted by atomic mass is 16.6. The van der Waals surface area contributed by atoms with Crippen molar-refractivity contribution in [2.75, 3.05) is 13.1 Å². The van der Waals surface area contributed by atoms with Crippen molar-refractivity contribution in [2.24, 2.45) is 0 Å². The van der Waals surface area contributed by atoms with Gasteiger partial charge in [-0.15, -0.1) is 0 Å². The van der Waals surface area contributed by atoms with Crippen molar-refractivity contribution in [1.29, 1.82) is 0 Å². The summed E-state index contributed by atoms with van der Waals surface area (Å²) in [4.78, 5) is 25.7. The lowest BCUT2D eigenvalue weighted by atomic mass is 10.1. The van der Waals surface area contributed by atoms with E-state index in [1.165, 1.54) is 4.90 Å². The fraction of sp³-hybridized carbons (Fsp3) is 0.474. The van der Waals surface area contributed by atoms with Crippen molar-refractivity contribution in [3.8, 4) is 0 Å². The molecule has 0 saturated carbocycles. The second kappa shape index (κ2) is 8.71. The maximum absolute atomic E-state index is 12.3. The Kier molecular flexibility index (Phi) is 6.63. The molecular formula is C19H26N2O5. The van der Waals surface area contributed by atoms with E-state index in [2.05, 4.69) is 5.32 Å². The van der Waals surface area contributed by atoms with E-state index >= 15 is 0 Å². The van der Waals surface area contributed by atoms with E-state index in [1.54, 1.807) is 32.9 Å². The van der Waals surface area contributed by atoms with Gasteiger partial charge in [-0.2, -0.15) is 0 Å². The zero-order valence-electron chi connectivity index (χ0n) is 15.3. The molecule has 2 amide bonds. The summed E-state index contributed by atoms with van der Waals surface area (Å²) >= 11 is 0. The summed E-state index contributed by atoms with van der Waals surface area (Å²) in [7, 11) is 0. The van der Waals surface area contributed by atoms with Gasteiger partial charge in [0.05, 0.1) is 12.1 Å². The Morgan fingerprint density at radius 2 is 1.96 bits per heavy atom. The van der Waals surface area contributed by atoms with Crippen LogP contribution in [0.25, 0.3) is 0 Å². The molecule has 1 aromatic carbocycles. The number of ether oxygens (including phenoxy) is 2. The average Bonchev–Trinajstić information content (AvgIpc) is 2.74. The SMILES string of the molecule is CC(C)(C)OC(=O)N[C@H]1CN(C(=O)OCc2ccccc2)CC=C[C@H]1O. The van der Waals surface area contributed by atoms with Crippen LogP contribution in [0, 0.1) is 0 Å². The third kappa shape index (κ3) is 6.40. The fourth-order valence-electron chi connectivity index (χ4n) is 2.43. The standard InChI is InChI=1S/C19H26N2O5/c1-19(2,3)26-17(23)20-15-12-21(11-7-10-16(15)22)18(24)25-13-14-8-5-4-6-9-14/h4-10,15-16,22H,11-13H2,1-3H3,(H,20,23)/t15-,16+/m0/s1. The summed E-state index contributed by atoms with van der Waals surface area (Å²) in [6, 6.07) is 8.68. The molecule has 0 spiro atoms. The summed E-state index contributed by atoms with van der Waals surface area (Å²) in [6.45, 7) is 5.82. The van der Waals surface area contributed by atoms with Gasteiger partial charge >= 0.3 is 12.2 Å². The topological polar surface area (TPSA) is 88.1 Å². The number of carbonyl (C=O) groups excluding carboxylic acids is 2. The van der Waals surface area contributed by atoms with Gasteiger partial charge in [-0.3, -0.25) is 0 Å². The fourth-order valence-corrected chi connectivity index (χ4v) is 2.43. The van der Waals surface area contributed by atoms with Crippen LogP contribution in [0.4, 0.5) is 9.59 Å². The molecule has 0 fully saturated rings. The quantitative estimate of drug-likeness (QED) is 0.807. The molecule has 2 atom stereocenters. The van der Waals surface area contributed by atoms with E-state index in [0.717, 1.165) is 5.56 Å². The van der Waals surface area contributed by atoms with Gasteiger partial charge in [-0.1, -0.05) is 42.5 Å². The first kappa shape index (κ1) is 19.8. The van der Waals surface area contributed by atoms with Crippen LogP contribution >= 0.6 is 0 Å². The summed E-state index contributed by atoms with van der Waals surface area (Å²) < 4.78 is 10.5. The van der Waals surface area contributed by atoms with Crippen molar-refractivity contribution in [1.82, 2.24) is 10.2 Å². The monoisotopic (exact) mass is 362 g/mol. The molecule has 0 bridgehead atoms. The maximum Gasteiger partial charge on any atom is 0.410 e. The van der Waals surface area contributed by atoms with Crippen LogP contribution in [0.3, 0.4) is 0 Å². The van der Waals surface area contributed by atoms with Crippen molar-refractivity contribution < 1.29 is 24.2 Å². The van der Waals surface area contributed by atoms with E-state index in [1.807, 2.05) is 30.3 Å². The summed E-state index contributed by atoms with van der Waals surface area (Å²) in [5.41, 5.74) is 0.235. The molecular weight excluding hydrogens is 336 g/mol. The number of aliphatic hydroxyl groups excluding tert-OH is 1. The molecule has 0 aromatic heterocycles. The normalized spacial score (nSPS) is 20.2. The molecule has 0 unspecified atom stereocenters. The average molecular weight is 362 g/mol. The van der Waals surface area contributed by atoms with Crippen molar-refractivity contribution in [3.05, 3.63) is 48.0 Å². The third-order valence-electron chi connectivity index (χ3n) is 3.65. The lowest BCUT2D eigenvalue weighted by Gasteiger charge is -2.28.